The number of ether oxygens (including phenoxy) is 1. The minimum atomic E-state index is -3.53. The molecule has 6 nitrogen and oxygen atoms in total. The van der Waals surface area contributed by atoms with E-state index < -0.39 is 10.0 Å². The van der Waals surface area contributed by atoms with Gasteiger partial charge in [0.25, 0.3) is 0 Å². The Labute approximate surface area is 113 Å². The predicted octanol–water partition coefficient (Wildman–Crippen LogP) is 0.677. The van der Waals surface area contributed by atoms with Crippen molar-refractivity contribution in [3.8, 4) is 0 Å². The van der Waals surface area contributed by atoms with Crippen molar-refractivity contribution in [2.45, 2.75) is 17.7 Å². The van der Waals surface area contributed by atoms with Crippen LogP contribution in [-0.4, -0.2) is 28.2 Å². The standard InChI is InChI=1S/C12H19N3O3S/c13-15-11-3-1-2-4-12(11)19(16,17)14-7-5-10-6-8-18-9-10/h1-4,10,14-15H,5-9,13H2. The fraction of sp³-hybridized carbons (Fsp3) is 0.500. The molecular weight excluding hydrogens is 266 g/mol. The average molecular weight is 285 g/mol. The second-order valence-electron chi connectivity index (χ2n) is 4.56. The van der Waals surface area contributed by atoms with Crippen LogP contribution in [0.1, 0.15) is 12.8 Å². The monoisotopic (exact) mass is 285 g/mol. The largest absolute Gasteiger partial charge is 0.381 e. The smallest absolute Gasteiger partial charge is 0.242 e. The summed E-state index contributed by atoms with van der Waals surface area (Å²) in [5.41, 5.74) is 2.78. The van der Waals surface area contributed by atoms with E-state index in [1.165, 1.54) is 6.07 Å². The maximum atomic E-state index is 12.1. The first-order chi connectivity index (χ1) is 9.13. The molecule has 1 aliphatic rings. The summed E-state index contributed by atoms with van der Waals surface area (Å²) in [6, 6.07) is 6.54. The molecule has 0 amide bonds. The van der Waals surface area contributed by atoms with Gasteiger partial charge in [0.1, 0.15) is 4.90 Å². The number of hydrogen-bond donors (Lipinski definition) is 3. The van der Waals surface area contributed by atoms with Gasteiger partial charge in [0.2, 0.25) is 10.0 Å². The molecule has 1 unspecified atom stereocenters. The van der Waals surface area contributed by atoms with Crippen LogP contribution in [-0.2, 0) is 14.8 Å². The van der Waals surface area contributed by atoms with Crippen LogP contribution in [0.3, 0.4) is 0 Å². The molecule has 0 saturated carbocycles. The number of benzene rings is 1. The topological polar surface area (TPSA) is 93.5 Å². The van der Waals surface area contributed by atoms with Crippen LogP contribution >= 0.6 is 0 Å². The highest BCUT2D eigenvalue weighted by Gasteiger charge is 2.19. The first-order valence-electron chi connectivity index (χ1n) is 6.26. The molecule has 0 spiro atoms. The maximum Gasteiger partial charge on any atom is 0.242 e. The molecule has 106 valence electrons. The Morgan fingerprint density at radius 3 is 2.84 bits per heavy atom. The van der Waals surface area contributed by atoms with E-state index in [2.05, 4.69) is 10.1 Å². The van der Waals surface area contributed by atoms with Crippen molar-refractivity contribution >= 4 is 15.7 Å². The summed E-state index contributed by atoms with van der Waals surface area (Å²) in [6.45, 7) is 1.91. The number of sulfonamides is 1. The van der Waals surface area contributed by atoms with Gasteiger partial charge in [0, 0.05) is 19.8 Å². The lowest BCUT2D eigenvalue weighted by atomic mass is 10.1. The molecule has 0 bridgehead atoms. The van der Waals surface area contributed by atoms with Gasteiger partial charge in [-0.25, -0.2) is 13.1 Å². The highest BCUT2D eigenvalue weighted by molar-refractivity contribution is 7.89. The molecule has 1 aliphatic heterocycles. The van der Waals surface area contributed by atoms with Crippen LogP contribution in [0.5, 0.6) is 0 Å². The SMILES string of the molecule is NNc1ccccc1S(=O)(=O)NCCC1CCOC1. The summed E-state index contributed by atoms with van der Waals surface area (Å²) < 4.78 is 32.2. The molecule has 7 heteroatoms. The molecule has 1 aromatic rings. The van der Waals surface area contributed by atoms with Crippen molar-refractivity contribution in [1.29, 1.82) is 0 Å². The Bertz CT molecular complexity index is 513. The van der Waals surface area contributed by atoms with Gasteiger partial charge in [-0.15, -0.1) is 0 Å². The minimum Gasteiger partial charge on any atom is -0.381 e. The second kappa shape index (κ2) is 6.33. The molecule has 4 N–H and O–H groups in total. The van der Waals surface area contributed by atoms with Crippen molar-refractivity contribution in [2.75, 3.05) is 25.2 Å². The van der Waals surface area contributed by atoms with Crippen LogP contribution in [0.4, 0.5) is 5.69 Å². The Hall–Kier alpha value is -1.15. The number of rotatable bonds is 6. The Balaban J connectivity index is 1.97. The molecule has 0 aromatic heterocycles. The third kappa shape index (κ3) is 3.66. The molecule has 1 atom stereocenters. The van der Waals surface area contributed by atoms with Crippen molar-refractivity contribution < 1.29 is 13.2 Å². The van der Waals surface area contributed by atoms with Gasteiger partial charge in [-0.1, -0.05) is 12.1 Å². The zero-order chi connectivity index (χ0) is 13.7. The highest BCUT2D eigenvalue weighted by Crippen LogP contribution is 2.20. The normalized spacial score (nSPS) is 19.5. The van der Waals surface area contributed by atoms with E-state index in [9.17, 15) is 8.42 Å². The number of nitrogens with two attached hydrogens (primary N) is 1. The van der Waals surface area contributed by atoms with Gasteiger partial charge in [-0.05, 0) is 30.9 Å². The van der Waals surface area contributed by atoms with E-state index in [0.717, 1.165) is 26.1 Å². The van der Waals surface area contributed by atoms with Crippen molar-refractivity contribution in [1.82, 2.24) is 4.72 Å². The van der Waals surface area contributed by atoms with Crippen LogP contribution in [0, 0.1) is 5.92 Å². The van der Waals surface area contributed by atoms with Crippen molar-refractivity contribution in [3.05, 3.63) is 24.3 Å². The van der Waals surface area contributed by atoms with Crippen molar-refractivity contribution in [2.24, 2.45) is 11.8 Å². The molecule has 1 aromatic carbocycles. The third-order valence-corrected chi connectivity index (χ3v) is 4.72. The Morgan fingerprint density at radius 2 is 2.16 bits per heavy atom. The molecule has 0 aliphatic carbocycles. The predicted molar refractivity (Wildman–Crippen MR) is 73.0 cm³/mol. The van der Waals surface area contributed by atoms with E-state index in [0.29, 0.717) is 18.2 Å². The molecule has 1 fully saturated rings. The summed E-state index contributed by atoms with van der Waals surface area (Å²) in [5, 5.41) is 0. The van der Waals surface area contributed by atoms with Crippen LogP contribution in [0.15, 0.2) is 29.2 Å². The fourth-order valence-corrected chi connectivity index (χ4v) is 3.32. The highest BCUT2D eigenvalue weighted by atomic mass is 32.2. The van der Waals surface area contributed by atoms with Gasteiger partial charge >= 0.3 is 0 Å². The molecule has 19 heavy (non-hydrogen) atoms. The first-order valence-corrected chi connectivity index (χ1v) is 7.75. The van der Waals surface area contributed by atoms with Gasteiger partial charge in [0.15, 0.2) is 0 Å². The first kappa shape index (κ1) is 14.3. The Morgan fingerprint density at radius 1 is 1.37 bits per heavy atom. The van der Waals surface area contributed by atoms with E-state index in [1.807, 2.05) is 0 Å². The minimum absolute atomic E-state index is 0.167. The number of hydrazine groups is 1. The lowest BCUT2D eigenvalue weighted by Gasteiger charge is -2.12. The molecule has 1 saturated heterocycles. The van der Waals surface area contributed by atoms with Crippen LogP contribution < -0.4 is 16.0 Å². The quantitative estimate of drug-likeness (QED) is 0.528. The summed E-state index contributed by atoms with van der Waals surface area (Å²) in [7, 11) is -3.53. The zero-order valence-electron chi connectivity index (χ0n) is 10.6. The van der Waals surface area contributed by atoms with Crippen LogP contribution in [0.2, 0.25) is 0 Å². The lowest BCUT2D eigenvalue weighted by Crippen LogP contribution is -2.27. The fourth-order valence-electron chi connectivity index (χ4n) is 2.11. The summed E-state index contributed by atoms with van der Waals surface area (Å²) >= 11 is 0. The summed E-state index contributed by atoms with van der Waals surface area (Å²) in [6.07, 6.45) is 1.79. The number of anilines is 1. The van der Waals surface area contributed by atoms with Gasteiger partial charge in [0.05, 0.1) is 5.69 Å². The van der Waals surface area contributed by atoms with E-state index in [-0.39, 0.29) is 4.90 Å². The van der Waals surface area contributed by atoms with Gasteiger partial charge in [-0.2, -0.15) is 0 Å². The second-order valence-corrected chi connectivity index (χ2v) is 6.29. The molecule has 0 radical (unpaired) electrons. The average Bonchev–Trinajstić information content (AvgIpc) is 2.91. The third-order valence-electron chi connectivity index (χ3n) is 3.20. The van der Waals surface area contributed by atoms with Crippen molar-refractivity contribution in [3.63, 3.8) is 0 Å². The maximum absolute atomic E-state index is 12.1. The molecule has 2 rings (SSSR count). The number of nitrogens with one attached hydrogen (secondary N) is 2. The van der Waals surface area contributed by atoms with Crippen LogP contribution in [0.25, 0.3) is 0 Å². The lowest BCUT2D eigenvalue weighted by molar-refractivity contribution is 0.184. The van der Waals surface area contributed by atoms with E-state index in [1.54, 1.807) is 18.2 Å². The number of para-hydroxylation sites is 1. The number of nitrogen functional groups attached to an aromatic ring is 1. The van der Waals surface area contributed by atoms with Gasteiger partial charge < -0.3 is 10.2 Å². The number of hydrogen-bond acceptors (Lipinski definition) is 5. The summed E-state index contributed by atoms with van der Waals surface area (Å²) in [4.78, 5) is 0.167. The van der Waals surface area contributed by atoms with E-state index in [4.69, 9.17) is 10.6 Å². The zero-order valence-corrected chi connectivity index (χ0v) is 11.4. The summed E-state index contributed by atoms with van der Waals surface area (Å²) in [5.74, 6) is 5.77. The Kier molecular flexibility index (Phi) is 4.76. The van der Waals surface area contributed by atoms with E-state index >= 15 is 0 Å². The molecular formula is C12H19N3O3S. The van der Waals surface area contributed by atoms with Gasteiger partial charge in [-0.3, -0.25) is 5.84 Å². The molecule has 1 heterocycles.